The fourth-order valence-corrected chi connectivity index (χ4v) is 4.01. The van der Waals surface area contributed by atoms with E-state index in [4.69, 9.17) is 4.74 Å². The van der Waals surface area contributed by atoms with Crippen LogP contribution in [0.5, 0.6) is 0 Å². The molecule has 33 heavy (non-hydrogen) atoms. The molecule has 2 aliphatic rings. The summed E-state index contributed by atoms with van der Waals surface area (Å²) in [6.45, 7) is 3.82. The maximum atomic E-state index is 13.8. The summed E-state index contributed by atoms with van der Waals surface area (Å²) in [6, 6.07) is 11.0. The lowest BCUT2D eigenvalue weighted by molar-refractivity contribution is -0.144. The van der Waals surface area contributed by atoms with Crippen molar-refractivity contribution in [2.24, 2.45) is 0 Å². The summed E-state index contributed by atoms with van der Waals surface area (Å²) in [5.74, 6) is -0.887. The highest BCUT2D eigenvalue weighted by atomic mass is 19.1. The Balaban J connectivity index is 1.60. The van der Waals surface area contributed by atoms with Gasteiger partial charge in [0.05, 0.1) is 19.3 Å². The van der Waals surface area contributed by atoms with Gasteiger partial charge < -0.3 is 19.9 Å². The van der Waals surface area contributed by atoms with E-state index in [1.807, 2.05) is 44.2 Å². The molecule has 2 aromatic rings. The van der Waals surface area contributed by atoms with Crippen LogP contribution in [0, 0.1) is 5.82 Å². The molecule has 1 amide bonds. The number of hydrogen-bond donors (Lipinski definition) is 3. The molecule has 172 valence electrons. The van der Waals surface area contributed by atoms with Crippen molar-refractivity contribution in [2.75, 3.05) is 19.0 Å². The lowest BCUT2D eigenvalue weighted by Crippen LogP contribution is -2.40. The second-order valence-corrected chi connectivity index (χ2v) is 8.39. The van der Waals surface area contributed by atoms with Gasteiger partial charge in [-0.2, -0.15) is 0 Å². The molecule has 0 spiro atoms. The Morgan fingerprint density at radius 2 is 1.97 bits per heavy atom. The SMILES string of the molecule is COC(=O)[C@@H](CO)NCc1ccc(C2=C/C(=C3\C(=O)Nc4ccc(F)cc43)OC2(C)C)cc1. The average Bonchev–Trinajstić information content (AvgIpc) is 3.28. The molecule has 0 radical (unpaired) electrons. The second-order valence-electron chi connectivity index (χ2n) is 8.39. The first-order valence-corrected chi connectivity index (χ1v) is 10.5. The van der Waals surface area contributed by atoms with Crippen LogP contribution in [0.2, 0.25) is 0 Å². The Morgan fingerprint density at radius 1 is 1.24 bits per heavy atom. The largest absolute Gasteiger partial charge is 0.482 e. The summed E-state index contributed by atoms with van der Waals surface area (Å²) >= 11 is 0. The summed E-state index contributed by atoms with van der Waals surface area (Å²) in [4.78, 5) is 24.2. The Hall–Kier alpha value is -3.49. The summed E-state index contributed by atoms with van der Waals surface area (Å²) in [5, 5.41) is 15.0. The van der Waals surface area contributed by atoms with Crippen LogP contribution in [0.15, 0.2) is 54.3 Å². The summed E-state index contributed by atoms with van der Waals surface area (Å²) < 4.78 is 24.6. The number of carbonyl (C=O) groups excluding carboxylic acids is 2. The van der Waals surface area contributed by atoms with Crippen LogP contribution in [0.1, 0.15) is 30.5 Å². The van der Waals surface area contributed by atoms with Crippen LogP contribution in [0.4, 0.5) is 10.1 Å². The molecule has 0 aromatic heterocycles. The third-order valence-corrected chi connectivity index (χ3v) is 5.75. The number of hydrogen-bond acceptors (Lipinski definition) is 6. The number of rotatable bonds is 6. The van der Waals surface area contributed by atoms with Gasteiger partial charge in [-0.1, -0.05) is 24.3 Å². The highest BCUT2D eigenvalue weighted by Crippen LogP contribution is 2.44. The number of halogens is 1. The minimum atomic E-state index is -0.793. The van der Waals surface area contributed by atoms with E-state index in [1.54, 1.807) is 0 Å². The fourth-order valence-electron chi connectivity index (χ4n) is 4.01. The molecule has 4 rings (SSSR count). The molecular weight excluding hydrogens is 427 g/mol. The molecule has 0 saturated heterocycles. The van der Waals surface area contributed by atoms with E-state index in [0.29, 0.717) is 29.1 Å². The van der Waals surface area contributed by atoms with Gasteiger partial charge in [0.2, 0.25) is 0 Å². The summed E-state index contributed by atoms with van der Waals surface area (Å²) in [5.41, 5.74) is 3.34. The van der Waals surface area contributed by atoms with Crippen LogP contribution in [-0.2, 0) is 25.6 Å². The van der Waals surface area contributed by atoms with Crippen molar-refractivity contribution in [1.82, 2.24) is 5.32 Å². The molecule has 7 nitrogen and oxygen atoms in total. The molecule has 1 atom stereocenters. The minimum absolute atomic E-state index is 0.311. The molecule has 0 saturated carbocycles. The highest BCUT2D eigenvalue weighted by molar-refractivity contribution is 6.32. The van der Waals surface area contributed by atoms with Gasteiger partial charge in [-0.15, -0.1) is 0 Å². The van der Waals surface area contributed by atoms with Crippen molar-refractivity contribution in [2.45, 2.75) is 32.0 Å². The van der Waals surface area contributed by atoms with Gasteiger partial charge in [0.1, 0.15) is 23.2 Å². The maximum Gasteiger partial charge on any atom is 0.325 e. The van der Waals surface area contributed by atoms with Crippen molar-refractivity contribution in [3.63, 3.8) is 0 Å². The molecule has 0 fully saturated rings. The number of fused-ring (bicyclic) bond motifs is 1. The second kappa shape index (κ2) is 8.80. The number of aliphatic hydroxyl groups excluding tert-OH is 1. The van der Waals surface area contributed by atoms with Crippen LogP contribution in [-0.4, -0.2) is 42.3 Å². The Bertz CT molecular complexity index is 1170. The number of ether oxygens (including phenoxy) is 2. The van der Waals surface area contributed by atoms with Gasteiger partial charge in [0.15, 0.2) is 0 Å². The molecule has 0 bridgehead atoms. The third-order valence-electron chi connectivity index (χ3n) is 5.75. The predicted octanol–water partition coefficient (Wildman–Crippen LogP) is 3.00. The number of methoxy groups -OCH3 is 1. The zero-order valence-corrected chi connectivity index (χ0v) is 18.6. The van der Waals surface area contributed by atoms with Crippen LogP contribution in [0.3, 0.4) is 0 Å². The maximum absolute atomic E-state index is 13.8. The van der Waals surface area contributed by atoms with Gasteiger partial charge >= 0.3 is 5.97 Å². The fraction of sp³-hybridized carbons (Fsp3) is 0.280. The molecule has 0 aliphatic carbocycles. The molecule has 8 heteroatoms. The molecule has 2 heterocycles. The zero-order valence-electron chi connectivity index (χ0n) is 18.6. The van der Waals surface area contributed by atoms with E-state index in [0.717, 1.165) is 16.7 Å². The Kier molecular flexibility index (Phi) is 6.05. The van der Waals surface area contributed by atoms with E-state index in [-0.39, 0.29) is 12.5 Å². The van der Waals surface area contributed by atoms with Gasteiger partial charge in [-0.05, 0) is 49.2 Å². The average molecular weight is 452 g/mol. The smallest absolute Gasteiger partial charge is 0.325 e. The number of carbonyl (C=O) groups is 2. The van der Waals surface area contributed by atoms with Crippen molar-refractivity contribution >= 4 is 28.7 Å². The first-order valence-electron chi connectivity index (χ1n) is 10.5. The van der Waals surface area contributed by atoms with Gasteiger partial charge in [0, 0.05) is 23.4 Å². The minimum Gasteiger partial charge on any atom is -0.482 e. The van der Waals surface area contributed by atoms with Crippen molar-refractivity contribution < 1.29 is 28.6 Å². The molecule has 2 aliphatic heterocycles. The van der Waals surface area contributed by atoms with E-state index in [2.05, 4.69) is 15.4 Å². The number of allylic oxidation sites excluding steroid dienone is 1. The number of esters is 1. The van der Waals surface area contributed by atoms with E-state index in [9.17, 15) is 19.1 Å². The topological polar surface area (TPSA) is 96.9 Å². The number of anilines is 1. The highest BCUT2D eigenvalue weighted by Gasteiger charge is 2.38. The monoisotopic (exact) mass is 452 g/mol. The van der Waals surface area contributed by atoms with Crippen LogP contribution in [0.25, 0.3) is 11.1 Å². The van der Waals surface area contributed by atoms with Crippen molar-refractivity contribution in [3.8, 4) is 0 Å². The van der Waals surface area contributed by atoms with Gasteiger partial charge in [-0.25, -0.2) is 4.39 Å². The zero-order chi connectivity index (χ0) is 23.8. The molecule has 2 aromatic carbocycles. The number of nitrogens with one attached hydrogen (secondary N) is 2. The first kappa shape index (κ1) is 22.7. The number of aliphatic hydroxyl groups is 1. The van der Waals surface area contributed by atoms with E-state index >= 15 is 0 Å². The molecule has 3 N–H and O–H groups in total. The van der Waals surface area contributed by atoms with E-state index in [1.165, 1.54) is 25.3 Å². The Labute approximate surface area is 190 Å². The lowest BCUT2D eigenvalue weighted by Gasteiger charge is -2.23. The standard InChI is InChI=1S/C25H25FN2O5/c1-25(2)18(15-6-4-14(5-7-15)12-27-20(13-29)24(31)32-3)11-21(33-25)22-17-10-16(26)8-9-19(17)28-23(22)30/h4-11,20,27,29H,12-13H2,1-3H3,(H,28,30)/b22-21+/t20-/m1/s1. The lowest BCUT2D eigenvalue weighted by atomic mass is 9.91. The van der Waals surface area contributed by atoms with Gasteiger partial charge in [0.25, 0.3) is 5.91 Å². The normalized spacial score (nSPS) is 19.4. The van der Waals surface area contributed by atoms with E-state index < -0.39 is 23.4 Å². The predicted molar refractivity (Wildman–Crippen MR) is 121 cm³/mol. The number of benzene rings is 2. The van der Waals surface area contributed by atoms with Gasteiger partial charge in [-0.3, -0.25) is 14.9 Å². The van der Waals surface area contributed by atoms with Crippen molar-refractivity contribution in [3.05, 3.63) is 76.8 Å². The molecular formula is C25H25FN2O5. The quantitative estimate of drug-likeness (QED) is 0.461. The summed E-state index contributed by atoms with van der Waals surface area (Å²) in [6.07, 6.45) is 1.82. The number of amides is 1. The van der Waals surface area contributed by atoms with Crippen LogP contribution < -0.4 is 10.6 Å². The summed E-state index contributed by atoms with van der Waals surface area (Å²) in [7, 11) is 1.27. The third kappa shape index (κ3) is 4.40. The Morgan fingerprint density at radius 3 is 2.64 bits per heavy atom. The first-order chi connectivity index (χ1) is 15.7. The van der Waals surface area contributed by atoms with Crippen LogP contribution >= 0.6 is 0 Å². The van der Waals surface area contributed by atoms with Crippen molar-refractivity contribution in [1.29, 1.82) is 0 Å². The molecule has 0 unspecified atom stereocenters.